The fourth-order valence-electron chi connectivity index (χ4n) is 4.22. The number of nitrogens with one attached hydrogen (secondary N) is 2. The normalized spacial score (nSPS) is 14.8. The summed E-state index contributed by atoms with van der Waals surface area (Å²) in [7, 11) is 0. The van der Waals surface area contributed by atoms with E-state index in [-0.39, 0.29) is 17.1 Å². The van der Waals surface area contributed by atoms with Crippen molar-refractivity contribution in [3.8, 4) is 11.3 Å². The molecule has 0 spiro atoms. The summed E-state index contributed by atoms with van der Waals surface area (Å²) in [4.78, 5) is 5.50. The molecule has 9 nitrogen and oxygen atoms in total. The zero-order valence-corrected chi connectivity index (χ0v) is 17.2. The van der Waals surface area contributed by atoms with Gasteiger partial charge in [0.1, 0.15) is 23.2 Å². The van der Waals surface area contributed by atoms with Crippen LogP contribution < -0.4 is 16.9 Å². The van der Waals surface area contributed by atoms with Gasteiger partial charge >= 0.3 is 0 Å². The van der Waals surface area contributed by atoms with Crippen LogP contribution in [0, 0.1) is 11.2 Å². The molecule has 5 rings (SSSR count). The van der Waals surface area contributed by atoms with Crippen molar-refractivity contribution in [1.29, 1.82) is 5.41 Å². The number of amidine groups is 1. The second-order valence-corrected chi connectivity index (χ2v) is 8.06. The Morgan fingerprint density at radius 1 is 1.19 bits per heavy atom. The zero-order valence-electron chi connectivity index (χ0n) is 17.2. The lowest BCUT2D eigenvalue weighted by Crippen LogP contribution is -2.42. The number of nitrogens with two attached hydrogens (primary N) is 2. The molecule has 0 unspecified atom stereocenters. The van der Waals surface area contributed by atoms with E-state index in [0.717, 1.165) is 24.8 Å². The smallest absolute Gasteiger partial charge is 0.148 e. The SMILES string of the molecule is N=C(N)c1nn(N)c2ccc(-c3ccc(NCC4(c5ncccc5F)CCC4)nn3)cc12. The van der Waals surface area contributed by atoms with Crippen LogP contribution in [0.4, 0.5) is 10.2 Å². The summed E-state index contributed by atoms with van der Waals surface area (Å²) in [5, 5.41) is 24.4. The van der Waals surface area contributed by atoms with Crippen LogP contribution in [0.3, 0.4) is 0 Å². The maximum Gasteiger partial charge on any atom is 0.148 e. The van der Waals surface area contributed by atoms with Crippen molar-refractivity contribution in [2.45, 2.75) is 24.7 Å². The number of fused-ring (bicyclic) bond motifs is 1. The minimum Gasteiger partial charge on any atom is -0.382 e. The topological polar surface area (TPSA) is 144 Å². The average Bonchev–Trinajstić information content (AvgIpc) is 3.11. The number of nitrogen functional groups attached to an aromatic ring is 2. The van der Waals surface area contributed by atoms with Gasteiger partial charge in [-0.2, -0.15) is 4.79 Å². The van der Waals surface area contributed by atoms with Gasteiger partial charge < -0.3 is 16.9 Å². The first kappa shape index (κ1) is 19.9. The van der Waals surface area contributed by atoms with Gasteiger partial charge in [-0.05, 0) is 49.2 Å². The lowest BCUT2D eigenvalue weighted by atomic mass is 9.66. The van der Waals surface area contributed by atoms with Gasteiger partial charge in [0.25, 0.3) is 0 Å². The van der Waals surface area contributed by atoms with Gasteiger partial charge in [-0.25, -0.2) is 4.39 Å². The molecular weight excluding hydrogens is 409 g/mol. The van der Waals surface area contributed by atoms with Gasteiger partial charge in [0.15, 0.2) is 0 Å². The largest absolute Gasteiger partial charge is 0.382 e. The van der Waals surface area contributed by atoms with Crippen molar-refractivity contribution < 1.29 is 4.39 Å². The van der Waals surface area contributed by atoms with Crippen molar-refractivity contribution in [2.75, 3.05) is 17.7 Å². The van der Waals surface area contributed by atoms with Crippen molar-refractivity contribution >= 4 is 22.6 Å². The van der Waals surface area contributed by atoms with E-state index < -0.39 is 0 Å². The summed E-state index contributed by atoms with van der Waals surface area (Å²) in [5.74, 6) is 6.03. The molecular formula is C22H22FN9. The molecule has 1 aliphatic rings. The lowest BCUT2D eigenvalue weighted by Gasteiger charge is -2.41. The Bertz CT molecular complexity index is 1310. The molecule has 0 saturated heterocycles. The summed E-state index contributed by atoms with van der Waals surface area (Å²) in [5.41, 5.74) is 8.27. The number of benzene rings is 1. The highest BCUT2D eigenvalue weighted by molar-refractivity contribution is 6.06. The van der Waals surface area contributed by atoms with Crippen LogP contribution in [0.25, 0.3) is 22.2 Å². The Morgan fingerprint density at radius 3 is 2.69 bits per heavy atom. The summed E-state index contributed by atoms with van der Waals surface area (Å²) in [6.07, 6.45) is 4.45. The Morgan fingerprint density at radius 2 is 2.03 bits per heavy atom. The first-order valence-corrected chi connectivity index (χ1v) is 10.3. The van der Waals surface area contributed by atoms with Crippen molar-refractivity contribution in [2.24, 2.45) is 5.73 Å². The molecule has 1 aliphatic carbocycles. The van der Waals surface area contributed by atoms with E-state index in [0.29, 0.717) is 40.3 Å². The quantitative estimate of drug-likeness (QED) is 0.209. The summed E-state index contributed by atoms with van der Waals surface area (Å²) >= 11 is 0. The van der Waals surface area contributed by atoms with Crippen LogP contribution in [0.2, 0.25) is 0 Å². The highest BCUT2D eigenvalue weighted by Crippen LogP contribution is 2.43. The van der Waals surface area contributed by atoms with Crippen LogP contribution >= 0.6 is 0 Å². The zero-order chi connectivity index (χ0) is 22.3. The average molecular weight is 431 g/mol. The van der Waals surface area contributed by atoms with Gasteiger partial charge in [-0.3, -0.25) is 10.4 Å². The third kappa shape index (κ3) is 3.29. The molecule has 0 aliphatic heterocycles. The molecule has 0 amide bonds. The van der Waals surface area contributed by atoms with Crippen LogP contribution in [-0.4, -0.2) is 37.5 Å². The van der Waals surface area contributed by atoms with Gasteiger partial charge in [-0.15, -0.1) is 15.3 Å². The first-order chi connectivity index (χ1) is 15.5. The fraction of sp³-hybridized carbons (Fsp3) is 0.227. The van der Waals surface area contributed by atoms with E-state index in [2.05, 4.69) is 25.6 Å². The molecule has 10 heteroatoms. The number of halogens is 1. The minimum atomic E-state index is -0.317. The van der Waals surface area contributed by atoms with Crippen molar-refractivity contribution in [1.82, 2.24) is 25.1 Å². The molecule has 0 bridgehead atoms. The lowest BCUT2D eigenvalue weighted by molar-refractivity contribution is 0.243. The van der Waals surface area contributed by atoms with Gasteiger partial charge in [0.2, 0.25) is 0 Å². The van der Waals surface area contributed by atoms with Crippen molar-refractivity contribution in [3.05, 3.63) is 65.9 Å². The van der Waals surface area contributed by atoms with E-state index in [4.69, 9.17) is 17.0 Å². The molecule has 3 heterocycles. The molecule has 3 aromatic heterocycles. The second kappa shape index (κ2) is 7.56. The number of anilines is 1. The number of rotatable bonds is 6. The fourth-order valence-corrected chi connectivity index (χ4v) is 4.22. The predicted molar refractivity (Wildman–Crippen MR) is 120 cm³/mol. The molecule has 0 radical (unpaired) electrons. The number of hydrogen-bond donors (Lipinski definition) is 4. The third-order valence-corrected chi connectivity index (χ3v) is 6.10. The Balaban J connectivity index is 1.36. The monoisotopic (exact) mass is 431 g/mol. The molecule has 1 saturated carbocycles. The van der Waals surface area contributed by atoms with E-state index in [1.165, 1.54) is 10.9 Å². The molecule has 1 aromatic carbocycles. The van der Waals surface area contributed by atoms with Crippen LogP contribution in [0.5, 0.6) is 0 Å². The minimum absolute atomic E-state index is 0.156. The van der Waals surface area contributed by atoms with Gasteiger partial charge in [0.05, 0.1) is 16.9 Å². The summed E-state index contributed by atoms with van der Waals surface area (Å²) < 4.78 is 14.3. The van der Waals surface area contributed by atoms with E-state index in [1.807, 2.05) is 24.3 Å². The van der Waals surface area contributed by atoms with Crippen molar-refractivity contribution in [3.63, 3.8) is 0 Å². The van der Waals surface area contributed by atoms with Gasteiger partial charge in [-0.1, -0.05) is 12.5 Å². The predicted octanol–water partition coefficient (Wildman–Crippen LogP) is 2.56. The summed E-state index contributed by atoms with van der Waals surface area (Å²) in [6, 6.07) is 12.3. The molecule has 4 aromatic rings. The molecule has 32 heavy (non-hydrogen) atoms. The highest BCUT2D eigenvalue weighted by atomic mass is 19.1. The maximum absolute atomic E-state index is 14.3. The number of nitrogens with zero attached hydrogens (tertiary/aromatic N) is 5. The Labute approximate surface area is 183 Å². The highest BCUT2D eigenvalue weighted by Gasteiger charge is 2.41. The maximum atomic E-state index is 14.3. The van der Waals surface area contributed by atoms with E-state index in [9.17, 15) is 4.39 Å². The van der Waals surface area contributed by atoms with Crippen LogP contribution in [0.1, 0.15) is 30.7 Å². The van der Waals surface area contributed by atoms with E-state index in [1.54, 1.807) is 18.3 Å². The number of aromatic nitrogens is 5. The molecule has 1 fully saturated rings. The van der Waals surface area contributed by atoms with Crippen LogP contribution in [-0.2, 0) is 5.41 Å². The Hall–Kier alpha value is -4.08. The molecule has 162 valence electrons. The van der Waals surface area contributed by atoms with Crippen LogP contribution in [0.15, 0.2) is 48.7 Å². The van der Waals surface area contributed by atoms with Gasteiger partial charge in [0, 0.05) is 29.1 Å². The third-order valence-electron chi connectivity index (χ3n) is 6.10. The summed E-state index contributed by atoms with van der Waals surface area (Å²) in [6.45, 7) is 0.540. The molecule has 6 N–H and O–H groups in total. The number of pyridine rings is 1. The Kier molecular flexibility index (Phi) is 4.69. The van der Waals surface area contributed by atoms with E-state index >= 15 is 0 Å². The second-order valence-electron chi connectivity index (χ2n) is 8.06. The number of hydrogen-bond acceptors (Lipinski definition) is 7. The first-order valence-electron chi connectivity index (χ1n) is 10.3. The standard InChI is InChI=1S/C22H22FN9/c23-15-3-1-10-27-20(15)22(8-2-9-22)12-28-18-7-5-16(29-30-18)13-4-6-17-14(11-13)19(21(24)25)31-32(17)26/h1,3-7,10-11H,2,8-9,12,26H2,(H3,24,25)(H,28,30). The molecule has 0 atom stereocenters.